The molecule has 0 rings (SSSR count). The Balaban J connectivity index is 3.71. The van der Waals surface area contributed by atoms with Gasteiger partial charge < -0.3 is 8.91 Å². The maximum atomic E-state index is 9.18. The lowest BCUT2D eigenvalue weighted by molar-refractivity contribution is 0.566. The molecular formula is C3H14O2Si3. The largest absolute Gasteiger partial charge is 0.464 e. The Labute approximate surface area is 56.1 Å². The summed E-state index contributed by atoms with van der Waals surface area (Å²) in [7, 11) is -2.15. The maximum absolute atomic E-state index is 9.18. The fourth-order valence-electron chi connectivity index (χ4n) is 0.171. The lowest BCUT2D eigenvalue weighted by Gasteiger charge is -2.21. The quantitative estimate of drug-likeness (QED) is 0.529. The Kier molecular flexibility index (Phi) is 3.13. The Hall–Kier alpha value is 0.571. The van der Waals surface area contributed by atoms with Crippen LogP contribution in [0.3, 0.4) is 0 Å². The zero-order valence-electron chi connectivity index (χ0n) is 5.93. The summed E-state index contributed by atoms with van der Waals surface area (Å²) in [5.41, 5.74) is 0. The van der Waals surface area contributed by atoms with Gasteiger partial charge in [0, 0.05) is 0 Å². The van der Waals surface area contributed by atoms with Crippen molar-refractivity contribution < 1.29 is 8.91 Å². The first kappa shape index (κ1) is 8.57. The van der Waals surface area contributed by atoms with E-state index in [1.165, 1.54) is 0 Å². The highest BCUT2D eigenvalue weighted by molar-refractivity contribution is 7.26. The van der Waals surface area contributed by atoms with Crippen LogP contribution >= 0.6 is 0 Å². The molecule has 1 atom stereocenters. The van der Waals surface area contributed by atoms with E-state index >= 15 is 0 Å². The normalized spacial score (nSPS) is 16.5. The molecule has 0 radical (unpaired) electrons. The van der Waals surface area contributed by atoms with Crippen molar-refractivity contribution in [3.05, 3.63) is 0 Å². The van der Waals surface area contributed by atoms with Gasteiger partial charge in [0.05, 0.1) is 0 Å². The van der Waals surface area contributed by atoms with Gasteiger partial charge in [-0.05, 0) is 19.6 Å². The molecule has 1 N–H and O–H groups in total. The molecule has 50 valence electrons. The molecule has 0 saturated heterocycles. The fraction of sp³-hybridized carbons (Fsp3) is 1.00. The van der Waals surface area contributed by atoms with E-state index in [9.17, 15) is 4.80 Å². The van der Waals surface area contributed by atoms with Gasteiger partial charge >= 0.3 is 0 Å². The minimum atomic E-state index is -1.50. The Morgan fingerprint density at radius 1 is 1.62 bits per heavy atom. The highest BCUT2D eigenvalue weighted by Crippen LogP contribution is 2.03. The highest BCUT2D eigenvalue weighted by Gasteiger charge is 2.27. The van der Waals surface area contributed by atoms with Crippen LogP contribution in [0.25, 0.3) is 0 Å². The first-order valence-electron chi connectivity index (χ1n) is 2.74. The van der Waals surface area contributed by atoms with Gasteiger partial charge in [-0.2, -0.15) is 0 Å². The van der Waals surface area contributed by atoms with Gasteiger partial charge in [0.15, 0.2) is 16.4 Å². The predicted octanol–water partition coefficient (Wildman–Crippen LogP) is -1.09. The fourth-order valence-corrected chi connectivity index (χ4v) is 4.61. The summed E-state index contributed by atoms with van der Waals surface area (Å²) in [6.07, 6.45) is 0. The van der Waals surface area contributed by atoms with Gasteiger partial charge in [-0.25, -0.2) is 0 Å². The van der Waals surface area contributed by atoms with E-state index in [0.29, 0.717) is 0 Å². The topological polar surface area (TPSA) is 29.5 Å². The van der Waals surface area contributed by atoms with E-state index in [0.717, 1.165) is 10.5 Å². The van der Waals surface area contributed by atoms with E-state index in [4.69, 9.17) is 4.12 Å². The molecule has 0 aliphatic rings. The molecule has 0 spiro atoms. The van der Waals surface area contributed by atoms with Gasteiger partial charge in [-0.3, -0.25) is 0 Å². The SMILES string of the molecule is C[SiH](O)[Si](C)(C)O[SiH3]. The van der Waals surface area contributed by atoms with Crippen molar-refractivity contribution in [3.8, 4) is 0 Å². The molecule has 0 amide bonds. The van der Waals surface area contributed by atoms with Gasteiger partial charge in [-0.15, -0.1) is 0 Å². The van der Waals surface area contributed by atoms with Crippen LogP contribution in [0.1, 0.15) is 0 Å². The summed E-state index contributed by atoms with van der Waals surface area (Å²) in [5.74, 6) is 0. The smallest absolute Gasteiger partial charge is 0.187 e. The van der Waals surface area contributed by atoms with Crippen LogP contribution in [0.5, 0.6) is 0 Å². The summed E-state index contributed by atoms with van der Waals surface area (Å²) in [6.45, 7) is 6.10. The minimum absolute atomic E-state index is 0.782. The van der Waals surface area contributed by atoms with Crippen LogP contribution in [0.15, 0.2) is 0 Å². The van der Waals surface area contributed by atoms with Crippen LogP contribution in [0, 0.1) is 0 Å². The third-order valence-electron chi connectivity index (χ3n) is 1.53. The standard InChI is InChI=1S/C3H14O2Si3/c1-7(4)8(2,3)5-6/h4,7H,1-3,6H3. The van der Waals surface area contributed by atoms with Gasteiger partial charge in [-0.1, -0.05) is 0 Å². The minimum Gasteiger partial charge on any atom is -0.464 e. The van der Waals surface area contributed by atoms with Crippen molar-refractivity contribution in [1.29, 1.82) is 0 Å². The first-order valence-corrected chi connectivity index (χ1v) is 9.94. The maximum Gasteiger partial charge on any atom is 0.187 e. The first-order chi connectivity index (χ1) is 3.50. The third kappa shape index (κ3) is 2.23. The number of hydrogen-bond acceptors (Lipinski definition) is 2. The van der Waals surface area contributed by atoms with Crippen molar-refractivity contribution in [2.45, 2.75) is 19.6 Å². The number of rotatable bonds is 2. The molecule has 0 aromatic rings. The molecule has 0 heterocycles. The summed E-state index contributed by atoms with van der Waals surface area (Å²) in [5, 5.41) is 0. The third-order valence-corrected chi connectivity index (χ3v) is 15.9. The molecule has 5 heteroatoms. The zero-order chi connectivity index (χ0) is 6.78. The van der Waals surface area contributed by atoms with E-state index in [2.05, 4.69) is 13.1 Å². The second-order valence-electron chi connectivity index (χ2n) is 2.48. The van der Waals surface area contributed by atoms with E-state index < -0.39 is 16.4 Å². The number of hydrogen-bond donors (Lipinski definition) is 1. The molecule has 8 heavy (non-hydrogen) atoms. The molecule has 0 saturated carbocycles. The molecule has 2 nitrogen and oxygen atoms in total. The molecule has 0 aliphatic heterocycles. The van der Waals surface area contributed by atoms with Crippen LogP contribution < -0.4 is 0 Å². The van der Waals surface area contributed by atoms with Crippen molar-refractivity contribution in [3.63, 3.8) is 0 Å². The highest BCUT2D eigenvalue weighted by atomic mass is 29.3. The van der Waals surface area contributed by atoms with Crippen LogP contribution in [-0.2, 0) is 4.12 Å². The van der Waals surface area contributed by atoms with Gasteiger partial charge in [0.2, 0.25) is 0 Å². The van der Waals surface area contributed by atoms with E-state index in [-0.39, 0.29) is 0 Å². The van der Waals surface area contributed by atoms with Crippen LogP contribution in [0.4, 0.5) is 0 Å². The average Bonchev–Trinajstić information content (AvgIpc) is 1.67. The predicted molar refractivity (Wildman–Crippen MR) is 43.7 cm³/mol. The van der Waals surface area contributed by atoms with Gasteiger partial charge in [0.1, 0.15) is 10.5 Å². The lowest BCUT2D eigenvalue weighted by atomic mass is 11.9. The summed E-state index contributed by atoms with van der Waals surface area (Å²) >= 11 is 0. The average molecular weight is 166 g/mol. The summed E-state index contributed by atoms with van der Waals surface area (Å²) in [6, 6.07) is 0. The van der Waals surface area contributed by atoms with Crippen LogP contribution in [-0.4, -0.2) is 31.7 Å². The second kappa shape index (κ2) is 2.93. The molecule has 0 aliphatic carbocycles. The van der Waals surface area contributed by atoms with Crippen molar-refractivity contribution in [1.82, 2.24) is 0 Å². The summed E-state index contributed by atoms with van der Waals surface area (Å²) < 4.78 is 5.29. The van der Waals surface area contributed by atoms with Gasteiger partial charge in [0.25, 0.3) is 0 Å². The monoisotopic (exact) mass is 166 g/mol. The van der Waals surface area contributed by atoms with Crippen molar-refractivity contribution >= 4 is 26.9 Å². The lowest BCUT2D eigenvalue weighted by Crippen LogP contribution is -2.46. The molecule has 0 aromatic carbocycles. The van der Waals surface area contributed by atoms with E-state index in [1.54, 1.807) is 0 Å². The molecular weight excluding hydrogens is 152 g/mol. The molecule has 0 fully saturated rings. The van der Waals surface area contributed by atoms with Crippen molar-refractivity contribution in [2.24, 2.45) is 0 Å². The molecule has 1 unspecified atom stereocenters. The van der Waals surface area contributed by atoms with Crippen LogP contribution in [0.2, 0.25) is 19.6 Å². The van der Waals surface area contributed by atoms with Crippen molar-refractivity contribution in [2.75, 3.05) is 0 Å². The van der Waals surface area contributed by atoms with E-state index in [1.807, 2.05) is 6.55 Å². The Morgan fingerprint density at radius 3 is 2.00 bits per heavy atom. The molecule has 0 bridgehead atoms. The second-order valence-corrected chi connectivity index (χ2v) is 15.4. The Bertz CT molecular complexity index is 72.9. The Morgan fingerprint density at radius 2 is 2.00 bits per heavy atom. The summed E-state index contributed by atoms with van der Waals surface area (Å²) in [4.78, 5) is 9.18. The molecule has 0 aromatic heterocycles. The zero-order valence-corrected chi connectivity index (χ0v) is 10.1.